The van der Waals surface area contributed by atoms with Crippen LogP contribution in [0.25, 0.3) is 6.08 Å². The number of carbonyl (C=O) groups is 1. The number of esters is 1. The van der Waals surface area contributed by atoms with Gasteiger partial charge in [0.05, 0.1) is 13.7 Å². The molecule has 40 heavy (non-hydrogen) atoms. The predicted molar refractivity (Wildman–Crippen MR) is 171 cm³/mol. The molecule has 1 aromatic carbocycles. The number of unbranched alkanes of at least 4 members (excludes halogenated alkanes) is 23. The van der Waals surface area contributed by atoms with Crippen LogP contribution < -0.4 is 4.74 Å². The van der Waals surface area contributed by atoms with Crippen LogP contribution in [0.3, 0.4) is 0 Å². The largest absolute Gasteiger partial charge is 0.504 e. The summed E-state index contributed by atoms with van der Waals surface area (Å²) < 4.78 is 10.3. The molecule has 1 rings (SSSR count). The third kappa shape index (κ3) is 21.8. The zero-order valence-corrected chi connectivity index (χ0v) is 26.2. The van der Waals surface area contributed by atoms with E-state index in [2.05, 4.69) is 6.92 Å². The number of rotatable bonds is 28. The van der Waals surface area contributed by atoms with Crippen molar-refractivity contribution in [3.05, 3.63) is 29.8 Å². The van der Waals surface area contributed by atoms with E-state index in [4.69, 9.17) is 9.47 Å². The van der Waals surface area contributed by atoms with Crippen LogP contribution in [0.1, 0.15) is 167 Å². The number of hydrogen-bond donors (Lipinski definition) is 1. The standard InChI is InChI=1S/C36H62O4/c1-3-4-5-6-7-8-9-10-11-12-13-14-15-16-17-18-19-20-21-22-23-24-25-26-31-40-36(38)30-28-33-27-29-35(39-2)34(37)32-33/h27-30,32,37H,3-26,31H2,1-2H3. The summed E-state index contributed by atoms with van der Waals surface area (Å²) in [6, 6.07) is 5.01. The summed E-state index contributed by atoms with van der Waals surface area (Å²) in [5.74, 6) is 0.123. The molecule has 0 saturated carbocycles. The quantitative estimate of drug-likeness (QED) is 0.0631. The van der Waals surface area contributed by atoms with Crippen molar-refractivity contribution in [2.24, 2.45) is 0 Å². The Bertz CT molecular complexity index is 742. The Morgan fingerprint density at radius 3 is 1.43 bits per heavy atom. The van der Waals surface area contributed by atoms with E-state index in [-0.39, 0.29) is 11.7 Å². The van der Waals surface area contributed by atoms with Crippen molar-refractivity contribution in [2.45, 2.75) is 161 Å². The van der Waals surface area contributed by atoms with Crippen molar-refractivity contribution in [3.63, 3.8) is 0 Å². The molecule has 0 aliphatic carbocycles. The van der Waals surface area contributed by atoms with Crippen LogP contribution in [0.2, 0.25) is 0 Å². The highest BCUT2D eigenvalue weighted by molar-refractivity contribution is 5.87. The number of aromatic hydroxyl groups is 1. The number of methoxy groups -OCH3 is 1. The van der Waals surface area contributed by atoms with Crippen LogP contribution in [-0.2, 0) is 9.53 Å². The van der Waals surface area contributed by atoms with E-state index in [1.165, 1.54) is 154 Å². The second-order valence-electron chi connectivity index (χ2n) is 11.6. The van der Waals surface area contributed by atoms with Crippen molar-refractivity contribution in [1.82, 2.24) is 0 Å². The van der Waals surface area contributed by atoms with Gasteiger partial charge < -0.3 is 14.6 Å². The van der Waals surface area contributed by atoms with Gasteiger partial charge in [-0.1, -0.05) is 161 Å². The van der Waals surface area contributed by atoms with Gasteiger partial charge in [-0.15, -0.1) is 0 Å². The van der Waals surface area contributed by atoms with Gasteiger partial charge in [-0.2, -0.15) is 0 Å². The third-order valence-electron chi connectivity index (χ3n) is 7.86. The van der Waals surface area contributed by atoms with Crippen molar-refractivity contribution in [1.29, 1.82) is 0 Å². The molecular weight excluding hydrogens is 496 g/mol. The number of phenolic OH excluding ortho intramolecular Hbond substituents is 1. The minimum absolute atomic E-state index is 0.0539. The van der Waals surface area contributed by atoms with E-state index in [1.807, 2.05) is 0 Å². The Balaban J connectivity index is 1.76. The van der Waals surface area contributed by atoms with E-state index in [1.54, 1.807) is 24.3 Å². The predicted octanol–water partition coefficient (Wildman–Crippen LogP) is 11.3. The first-order chi connectivity index (χ1) is 19.7. The highest BCUT2D eigenvalue weighted by atomic mass is 16.5. The average molecular weight is 559 g/mol. The summed E-state index contributed by atoms with van der Waals surface area (Å²) in [4.78, 5) is 11.9. The van der Waals surface area contributed by atoms with Crippen molar-refractivity contribution < 1.29 is 19.4 Å². The van der Waals surface area contributed by atoms with Crippen LogP contribution in [0.5, 0.6) is 11.5 Å². The number of benzene rings is 1. The lowest BCUT2D eigenvalue weighted by atomic mass is 10.0. The Hall–Kier alpha value is -1.97. The summed E-state index contributed by atoms with van der Waals surface area (Å²) >= 11 is 0. The highest BCUT2D eigenvalue weighted by Crippen LogP contribution is 2.26. The molecule has 0 aliphatic rings. The normalized spacial score (nSPS) is 11.3. The average Bonchev–Trinajstić information content (AvgIpc) is 2.96. The molecule has 0 amide bonds. The van der Waals surface area contributed by atoms with Crippen LogP contribution in [0.4, 0.5) is 0 Å². The highest BCUT2D eigenvalue weighted by Gasteiger charge is 2.02. The van der Waals surface area contributed by atoms with E-state index in [9.17, 15) is 9.90 Å². The fourth-order valence-corrected chi connectivity index (χ4v) is 5.26. The van der Waals surface area contributed by atoms with Crippen LogP contribution in [0, 0.1) is 0 Å². The van der Waals surface area contributed by atoms with E-state index < -0.39 is 0 Å². The first-order valence-electron chi connectivity index (χ1n) is 16.9. The molecule has 0 heterocycles. The summed E-state index contributed by atoms with van der Waals surface area (Å²) in [6.45, 7) is 2.76. The first-order valence-corrected chi connectivity index (χ1v) is 16.9. The monoisotopic (exact) mass is 558 g/mol. The Kier molecular flexibility index (Phi) is 24.5. The molecule has 0 unspecified atom stereocenters. The SMILES string of the molecule is CCCCCCCCCCCCCCCCCCCCCCCCCCOC(=O)C=Cc1ccc(OC)c(O)c1. The summed E-state index contributed by atoms with van der Waals surface area (Å²) in [5.41, 5.74) is 0.727. The lowest BCUT2D eigenvalue weighted by Gasteiger charge is -2.05. The number of hydrogen-bond acceptors (Lipinski definition) is 4. The van der Waals surface area contributed by atoms with Gasteiger partial charge in [-0.25, -0.2) is 4.79 Å². The summed E-state index contributed by atoms with van der Waals surface area (Å²) in [7, 11) is 1.50. The van der Waals surface area contributed by atoms with Crippen molar-refractivity contribution >= 4 is 12.0 Å². The van der Waals surface area contributed by atoms with Gasteiger partial charge in [-0.05, 0) is 30.2 Å². The molecule has 4 nitrogen and oxygen atoms in total. The third-order valence-corrected chi connectivity index (χ3v) is 7.86. The fraction of sp³-hybridized carbons (Fsp3) is 0.750. The molecule has 0 saturated heterocycles. The maximum atomic E-state index is 11.9. The molecule has 0 radical (unpaired) electrons. The maximum Gasteiger partial charge on any atom is 0.330 e. The molecular formula is C36H62O4. The molecule has 1 N–H and O–H groups in total. The van der Waals surface area contributed by atoms with Gasteiger partial charge in [-0.3, -0.25) is 0 Å². The first kappa shape index (κ1) is 36.1. The van der Waals surface area contributed by atoms with Gasteiger partial charge in [0.1, 0.15) is 0 Å². The number of carbonyl (C=O) groups excluding carboxylic acids is 1. The second-order valence-corrected chi connectivity index (χ2v) is 11.6. The van der Waals surface area contributed by atoms with E-state index in [0.717, 1.165) is 18.4 Å². The van der Waals surface area contributed by atoms with Crippen molar-refractivity contribution in [3.8, 4) is 11.5 Å². The molecule has 4 heteroatoms. The molecule has 0 spiro atoms. The van der Waals surface area contributed by atoms with E-state index in [0.29, 0.717) is 12.4 Å². The minimum atomic E-state index is -0.343. The van der Waals surface area contributed by atoms with Crippen molar-refractivity contribution in [2.75, 3.05) is 13.7 Å². The Morgan fingerprint density at radius 2 is 1.05 bits per heavy atom. The molecule has 0 aromatic heterocycles. The zero-order chi connectivity index (χ0) is 28.9. The van der Waals surface area contributed by atoms with Crippen LogP contribution in [-0.4, -0.2) is 24.8 Å². The van der Waals surface area contributed by atoms with Gasteiger partial charge in [0, 0.05) is 6.08 Å². The maximum absolute atomic E-state index is 11.9. The molecule has 0 aliphatic heterocycles. The second kappa shape index (κ2) is 27.2. The molecule has 0 fully saturated rings. The molecule has 1 aromatic rings. The zero-order valence-electron chi connectivity index (χ0n) is 26.2. The van der Waals surface area contributed by atoms with Crippen LogP contribution in [0.15, 0.2) is 24.3 Å². The summed E-state index contributed by atoms with van der Waals surface area (Å²) in [5, 5.41) is 9.79. The van der Waals surface area contributed by atoms with Gasteiger partial charge in [0.25, 0.3) is 0 Å². The Labute approximate surface area is 247 Å². The summed E-state index contributed by atoms with van der Waals surface area (Å²) in [6.07, 6.45) is 36.1. The smallest absolute Gasteiger partial charge is 0.330 e. The lowest BCUT2D eigenvalue weighted by molar-refractivity contribution is -0.137. The topological polar surface area (TPSA) is 55.8 Å². The van der Waals surface area contributed by atoms with Gasteiger partial charge >= 0.3 is 5.97 Å². The van der Waals surface area contributed by atoms with Gasteiger partial charge in [0.2, 0.25) is 0 Å². The van der Waals surface area contributed by atoms with E-state index >= 15 is 0 Å². The number of ether oxygens (including phenoxy) is 2. The minimum Gasteiger partial charge on any atom is -0.504 e. The van der Waals surface area contributed by atoms with Crippen LogP contribution >= 0.6 is 0 Å². The fourth-order valence-electron chi connectivity index (χ4n) is 5.26. The Morgan fingerprint density at radius 1 is 0.650 bits per heavy atom. The number of phenols is 1. The van der Waals surface area contributed by atoms with Gasteiger partial charge in [0.15, 0.2) is 11.5 Å². The molecule has 0 atom stereocenters. The lowest BCUT2D eigenvalue weighted by Crippen LogP contribution is -2.02. The molecule has 0 bridgehead atoms. The molecule has 230 valence electrons.